The Kier molecular flexibility index (Phi) is 5.44. The topological polar surface area (TPSA) is 25.2 Å². The van der Waals surface area contributed by atoms with Gasteiger partial charge in [0, 0.05) is 11.6 Å². The van der Waals surface area contributed by atoms with Crippen LogP contribution in [0.1, 0.15) is 18.9 Å². The lowest BCUT2D eigenvalue weighted by molar-refractivity contribution is 0.626. The van der Waals surface area contributed by atoms with Crippen molar-refractivity contribution in [2.45, 2.75) is 19.8 Å². The van der Waals surface area contributed by atoms with E-state index in [1.807, 2.05) is 24.3 Å². The number of hydrogen-bond acceptors (Lipinski definition) is 3. The van der Waals surface area contributed by atoms with Crippen molar-refractivity contribution in [3.63, 3.8) is 0 Å². The Morgan fingerprint density at radius 1 is 1.00 bits per heavy atom. The van der Waals surface area contributed by atoms with Gasteiger partial charge in [-0.15, -0.1) is 0 Å². The molecule has 4 heteroatoms. The third-order valence-corrected chi connectivity index (χ3v) is 4.08. The summed E-state index contributed by atoms with van der Waals surface area (Å²) in [5, 5.41) is 2.21. The van der Waals surface area contributed by atoms with Gasteiger partial charge in [-0.05, 0) is 35.3 Å². The molecule has 0 atom stereocenters. The minimum Gasteiger partial charge on any atom is -0.251 e. The van der Waals surface area contributed by atoms with Crippen molar-refractivity contribution in [1.29, 1.82) is 0 Å². The van der Waals surface area contributed by atoms with Crippen molar-refractivity contribution in [2.24, 2.45) is 4.99 Å². The van der Waals surface area contributed by atoms with E-state index < -0.39 is 5.82 Å². The average molecular weight is 348 g/mol. The van der Waals surface area contributed by atoms with Gasteiger partial charge in [0.2, 0.25) is 0 Å². The van der Waals surface area contributed by atoms with Gasteiger partial charge in [-0.3, -0.25) is 4.98 Å². The summed E-state index contributed by atoms with van der Waals surface area (Å²) in [6.07, 6.45) is 3.71. The zero-order valence-corrected chi connectivity index (χ0v) is 14.7. The first-order chi connectivity index (χ1) is 12.2. The van der Waals surface area contributed by atoms with Gasteiger partial charge in [-0.1, -0.05) is 61.9 Å². The van der Waals surface area contributed by atoms with E-state index in [1.54, 1.807) is 0 Å². The molecule has 2 nitrogen and oxygen atoms in total. The van der Waals surface area contributed by atoms with Crippen molar-refractivity contribution in [2.75, 3.05) is 0 Å². The van der Waals surface area contributed by atoms with Gasteiger partial charge >= 0.3 is 0 Å². The number of hydrogen-bond donors (Lipinski definition) is 0. The Balaban J connectivity index is 1.86. The summed E-state index contributed by atoms with van der Waals surface area (Å²) in [6, 6.07) is 17.6. The zero-order valence-electron chi connectivity index (χ0n) is 13.9. The van der Waals surface area contributed by atoms with E-state index in [0.29, 0.717) is 11.4 Å². The highest BCUT2D eigenvalue weighted by molar-refractivity contribution is 7.78. The second kappa shape index (κ2) is 7.93. The number of thiocarbonyl (C=S) groups is 1. The minimum atomic E-state index is -0.428. The molecular formula is C21H17FN2S. The Morgan fingerprint density at radius 2 is 1.60 bits per heavy atom. The standard InChI is InChI=1S/C21H17FN2S/c1-2-3-15-4-6-16(7-5-15)17-8-10-18(11-9-17)21-20(22)12-19(13-23-21)24-14-25/h4-13H,2-3H2,1H3. The molecule has 0 unspecified atom stereocenters. The van der Waals surface area contributed by atoms with Crippen LogP contribution in [0.2, 0.25) is 0 Å². The molecule has 3 aromatic rings. The molecule has 0 bridgehead atoms. The van der Waals surface area contributed by atoms with E-state index in [0.717, 1.165) is 29.5 Å². The van der Waals surface area contributed by atoms with Crippen LogP contribution in [0.15, 0.2) is 65.8 Å². The predicted molar refractivity (Wildman–Crippen MR) is 104 cm³/mol. The summed E-state index contributed by atoms with van der Waals surface area (Å²) in [5.74, 6) is -0.428. The maximum absolute atomic E-state index is 14.2. The van der Waals surface area contributed by atoms with Gasteiger partial charge in [-0.25, -0.2) is 4.39 Å². The van der Waals surface area contributed by atoms with Crippen molar-refractivity contribution in [1.82, 2.24) is 4.98 Å². The molecule has 25 heavy (non-hydrogen) atoms. The molecule has 0 saturated heterocycles. The number of pyridine rings is 1. The summed E-state index contributed by atoms with van der Waals surface area (Å²) in [6.45, 7) is 2.17. The molecule has 0 N–H and O–H groups in total. The molecule has 0 amide bonds. The summed E-state index contributed by atoms with van der Waals surface area (Å²) in [4.78, 5) is 7.89. The van der Waals surface area contributed by atoms with Crippen LogP contribution in [-0.4, -0.2) is 10.1 Å². The number of aliphatic imine (C=N–C) groups is 1. The number of halogens is 1. The van der Waals surface area contributed by atoms with Crippen molar-refractivity contribution in [3.8, 4) is 22.4 Å². The Hall–Kier alpha value is -2.68. The Labute approximate surface area is 152 Å². The van der Waals surface area contributed by atoms with Crippen LogP contribution in [0.5, 0.6) is 0 Å². The monoisotopic (exact) mass is 348 g/mol. The maximum Gasteiger partial charge on any atom is 0.151 e. The molecular weight excluding hydrogens is 331 g/mol. The first kappa shape index (κ1) is 17.2. The van der Waals surface area contributed by atoms with Crippen LogP contribution >= 0.6 is 12.2 Å². The molecule has 0 aliphatic heterocycles. The smallest absolute Gasteiger partial charge is 0.151 e. The zero-order chi connectivity index (χ0) is 17.6. The molecule has 0 aliphatic rings. The maximum atomic E-state index is 14.2. The Bertz CT molecular complexity index is 912. The van der Waals surface area contributed by atoms with Gasteiger partial charge in [0.1, 0.15) is 5.69 Å². The number of benzene rings is 2. The predicted octanol–water partition coefficient (Wildman–Crippen LogP) is 6.24. The molecule has 0 saturated carbocycles. The van der Waals surface area contributed by atoms with E-state index >= 15 is 0 Å². The van der Waals surface area contributed by atoms with Crippen LogP contribution in [0.25, 0.3) is 22.4 Å². The number of rotatable bonds is 5. The summed E-state index contributed by atoms with van der Waals surface area (Å²) in [5.41, 5.74) is 4.96. The van der Waals surface area contributed by atoms with Crippen molar-refractivity contribution >= 4 is 23.1 Å². The lowest BCUT2D eigenvalue weighted by Crippen LogP contribution is -1.89. The molecule has 124 valence electrons. The number of aryl methyl sites for hydroxylation is 1. The second-order valence-electron chi connectivity index (χ2n) is 5.75. The summed E-state index contributed by atoms with van der Waals surface area (Å²) < 4.78 is 14.2. The average Bonchev–Trinajstić information content (AvgIpc) is 2.63. The fraction of sp³-hybridized carbons (Fsp3) is 0.143. The van der Waals surface area contributed by atoms with Crippen LogP contribution in [0, 0.1) is 5.82 Å². The summed E-state index contributed by atoms with van der Waals surface area (Å²) >= 11 is 4.52. The number of isothiocyanates is 1. The highest BCUT2D eigenvalue weighted by atomic mass is 32.1. The Morgan fingerprint density at radius 3 is 2.16 bits per heavy atom. The normalized spacial score (nSPS) is 10.3. The van der Waals surface area contributed by atoms with Crippen molar-refractivity contribution in [3.05, 3.63) is 72.2 Å². The molecule has 1 aromatic heterocycles. The van der Waals surface area contributed by atoms with E-state index in [-0.39, 0.29) is 0 Å². The van der Waals surface area contributed by atoms with Gasteiger partial charge in [0.25, 0.3) is 0 Å². The fourth-order valence-corrected chi connectivity index (χ4v) is 2.83. The fourth-order valence-electron chi connectivity index (χ4n) is 2.73. The summed E-state index contributed by atoms with van der Waals surface area (Å²) in [7, 11) is 0. The molecule has 3 rings (SSSR count). The minimum absolute atomic E-state index is 0.299. The van der Waals surface area contributed by atoms with Crippen molar-refractivity contribution < 1.29 is 4.39 Å². The van der Waals surface area contributed by atoms with E-state index in [2.05, 4.69) is 58.5 Å². The van der Waals surface area contributed by atoms with Crippen LogP contribution < -0.4 is 0 Å². The molecule has 1 heterocycles. The first-order valence-electron chi connectivity index (χ1n) is 8.14. The molecule has 0 radical (unpaired) electrons. The van der Waals surface area contributed by atoms with E-state index in [9.17, 15) is 4.39 Å². The number of aromatic nitrogens is 1. The van der Waals surface area contributed by atoms with Crippen LogP contribution in [0.3, 0.4) is 0 Å². The van der Waals surface area contributed by atoms with E-state index in [1.165, 1.54) is 17.8 Å². The largest absolute Gasteiger partial charge is 0.251 e. The third-order valence-electron chi connectivity index (χ3n) is 3.99. The lowest BCUT2D eigenvalue weighted by atomic mass is 10.0. The number of nitrogens with zero attached hydrogens (tertiary/aromatic N) is 2. The second-order valence-corrected chi connectivity index (χ2v) is 5.93. The molecule has 0 fully saturated rings. The molecule has 0 spiro atoms. The van der Waals surface area contributed by atoms with Gasteiger partial charge in [0.15, 0.2) is 5.82 Å². The van der Waals surface area contributed by atoms with Crippen LogP contribution in [-0.2, 0) is 6.42 Å². The SMILES string of the molecule is CCCc1ccc(-c2ccc(-c3ncc(N=C=S)cc3F)cc2)cc1. The van der Waals surface area contributed by atoms with Gasteiger partial charge in [0.05, 0.1) is 17.0 Å². The molecule has 2 aromatic carbocycles. The van der Waals surface area contributed by atoms with Crippen LogP contribution in [0.4, 0.5) is 10.1 Å². The lowest BCUT2D eigenvalue weighted by Gasteiger charge is -2.07. The molecule has 0 aliphatic carbocycles. The highest BCUT2D eigenvalue weighted by Crippen LogP contribution is 2.27. The van der Waals surface area contributed by atoms with Gasteiger partial charge < -0.3 is 0 Å². The highest BCUT2D eigenvalue weighted by Gasteiger charge is 2.08. The quantitative estimate of drug-likeness (QED) is 0.403. The van der Waals surface area contributed by atoms with E-state index in [4.69, 9.17) is 0 Å². The van der Waals surface area contributed by atoms with Gasteiger partial charge in [-0.2, -0.15) is 4.99 Å². The third kappa shape index (κ3) is 4.05. The first-order valence-corrected chi connectivity index (χ1v) is 8.55.